The topological polar surface area (TPSA) is 0 Å². The quantitative estimate of drug-likeness (QED) is 0.380. The molecule has 0 saturated heterocycles. The number of rotatable bonds is 2. The van der Waals surface area contributed by atoms with Crippen LogP contribution in [0.4, 0.5) is 0 Å². The lowest BCUT2D eigenvalue weighted by Gasteiger charge is -2.15. The molecule has 0 N–H and O–H groups in total. The molecule has 22 heavy (non-hydrogen) atoms. The second-order valence-corrected chi connectivity index (χ2v) is 5.94. The molecule has 0 bridgehead atoms. The van der Waals surface area contributed by atoms with Gasteiger partial charge in [0.1, 0.15) is 0 Å². The highest BCUT2D eigenvalue weighted by Gasteiger charge is 2.15. The largest absolute Gasteiger partial charge is 0.113 e. The second-order valence-electron chi connectivity index (χ2n) is 5.50. The molecule has 0 atom stereocenters. The lowest BCUT2D eigenvalue weighted by Crippen LogP contribution is -1.95. The molecule has 0 aliphatic heterocycles. The van der Waals surface area contributed by atoms with Gasteiger partial charge in [0.2, 0.25) is 0 Å². The van der Waals surface area contributed by atoms with Gasteiger partial charge < -0.3 is 0 Å². The van der Waals surface area contributed by atoms with Gasteiger partial charge in [0.15, 0.2) is 0 Å². The third-order valence-corrected chi connectivity index (χ3v) is 4.66. The fraction of sp³-hybridized carbons (Fsp3) is 0.0476. The van der Waals surface area contributed by atoms with Crippen LogP contribution in [-0.4, -0.2) is 0 Å². The van der Waals surface area contributed by atoms with Crippen LogP contribution in [-0.2, 0) is 0 Å². The third-order valence-electron chi connectivity index (χ3n) is 4.19. The minimum absolute atomic E-state index is 0.155. The third kappa shape index (κ3) is 2.17. The molecule has 4 rings (SSSR count). The summed E-state index contributed by atoms with van der Waals surface area (Å²) in [5.74, 6) is 0. The highest BCUT2D eigenvalue weighted by Crippen LogP contribution is 2.37. The van der Waals surface area contributed by atoms with Crippen molar-refractivity contribution in [3.8, 4) is 0 Å². The summed E-state index contributed by atoms with van der Waals surface area (Å²) in [5, 5.41) is 4.74. The predicted octanol–water partition coefficient (Wildman–Crippen LogP) is 6.32. The summed E-state index contributed by atoms with van der Waals surface area (Å²) in [7, 11) is 0. The summed E-state index contributed by atoms with van der Waals surface area (Å²) >= 11 is 6.89. The van der Waals surface area contributed by atoms with Crippen molar-refractivity contribution in [3.05, 3.63) is 96.1 Å². The van der Waals surface area contributed by atoms with Crippen LogP contribution in [0.5, 0.6) is 0 Å². The number of hydrogen-bond acceptors (Lipinski definition) is 0. The Hall–Kier alpha value is -2.31. The molecule has 0 aliphatic carbocycles. The number of alkyl halides is 1. The van der Waals surface area contributed by atoms with Crippen LogP contribution in [0.15, 0.2) is 84.9 Å². The number of hydrogen-bond donors (Lipinski definition) is 0. The molecule has 4 aromatic rings. The maximum atomic E-state index is 6.89. The summed E-state index contributed by atoms with van der Waals surface area (Å²) in [6.07, 6.45) is 0. The minimum Gasteiger partial charge on any atom is -0.113 e. The van der Waals surface area contributed by atoms with E-state index in [4.69, 9.17) is 11.6 Å². The Balaban J connectivity index is 1.94. The zero-order chi connectivity index (χ0) is 14.9. The molecule has 4 aromatic carbocycles. The number of benzene rings is 4. The molecule has 1 heteroatoms. The Labute approximate surface area is 135 Å². The summed E-state index contributed by atoms with van der Waals surface area (Å²) in [5.41, 5.74) is 2.33. The molecule has 0 nitrogen and oxygen atoms in total. The van der Waals surface area contributed by atoms with Crippen molar-refractivity contribution < 1.29 is 0 Å². The predicted molar refractivity (Wildman–Crippen MR) is 95.6 cm³/mol. The zero-order valence-corrected chi connectivity index (χ0v) is 12.8. The molecule has 0 spiro atoms. The van der Waals surface area contributed by atoms with Crippen LogP contribution in [0.3, 0.4) is 0 Å². The van der Waals surface area contributed by atoms with Gasteiger partial charge in [-0.15, -0.1) is 11.6 Å². The zero-order valence-electron chi connectivity index (χ0n) is 12.0. The molecule has 0 fully saturated rings. The monoisotopic (exact) mass is 302 g/mol. The van der Waals surface area contributed by atoms with E-state index in [2.05, 4.69) is 84.9 Å². The van der Waals surface area contributed by atoms with E-state index in [1.54, 1.807) is 0 Å². The van der Waals surface area contributed by atoms with E-state index in [9.17, 15) is 0 Å². The lowest BCUT2D eigenvalue weighted by atomic mass is 9.94. The van der Waals surface area contributed by atoms with E-state index in [1.807, 2.05) is 0 Å². The minimum atomic E-state index is -0.155. The number of fused-ring (bicyclic) bond motifs is 2. The first kappa shape index (κ1) is 13.4. The fourth-order valence-corrected chi connectivity index (χ4v) is 3.49. The van der Waals surface area contributed by atoms with Gasteiger partial charge in [-0.05, 0) is 32.7 Å². The molecule has 0 amide bonds. The highest BCUT2D eigenvalue weighted by atomic mass is 35.5. The van der Waals surface area contributed by atoms with Gasteiger partial charge in [-0.25, -0.2) is 0 Å². The summed E-state index contributed by atoms with van der Waals surface area (Å²) in [4.78, 5) is 0. The molecule has 0 radical (unpaired) electrons. The molecular formula is C21H15Cl. The van der Waals surface area contributed by atoms with E-state index < -0.39 is 0 Å². The standard InChI is InChI=1S/C21H15Cl/c22-21(19-13-5-9-15-7-1-3-11-17(15)19)20-14-6-10-16-8-2-4-12-18(16)20/h1-14,21H. The summed E-state index contributed by atoms with van der Waals surface area (Å²) < 4.78 is 0. The fourth-order valence-electron chi connectivity index (χ4n) is 3.11. The molecule has 0 heterocycles. The van der Waals surface area contributed by atoms with Crippen LogP contribution in [0.25, 0.3) is 21.5 Å². The summed E-state index contributed by atoms with van der Waals surface area (Å²) in [6.45, 7) is 0. The normalized spacial score (nSPS) is 11.4. The Morgan fingerprint density at radius 3 is 1.41 bits per heavy atom. The Morgan fingerprint density at radius 2 is 0.909 bits per heavy atom. The van der Waals surface area contributed by atoms with Gasteiger partial charge in [-0.3, -0.25) is 0 Å². The Morgan fingerprint density at radius 1 is 0.500 bits per heavy atom. The van der Waals surface area contributed by atoms with E-state index in [-0.39, 0.29) is 5.38 Å². The van der Waals surface area contributed by atoms with Crippen molar-refractivity contribution in [2.75, 3.05) is 0 Å². The molecule has 0 aliphatic rings. The average Bonchev–Trinajstić information content (AvgIpc) is 2.60. The van der Waals surface area contributed by atoms with Crippen LogP contribution >= 0.6 is 11.6 Å². The van der Waals surface area contributed by atoms with Gasteiger partial charge in [-0.2, -0.15) is 0 Å². The van der Waals surface area contributed by atoms with Crippen LogP contribution in [0.2, 0.25) is 0 Å². The lowest BCUT2D eigenvalue weighted by molar-refractivity contribution is 1.18. The Bertz CT molecular complexity index is 866. The SMILES string of the molecule is ClC(c1cccc2ccccc12)c1cccc2ccccc12. The Kier molecular flexibility index (Phi) is 3.32. The van der Waals surface area contributed by atoms with Crippen LogP contribution in [0.1, 0.15) is 16.5 Å². The summed E-state index contributed by atoms with van der Waals surface area (Å²) in [6, 6.07) is 29.5. The number of halogens is 1. The van der Waals surface area contributed by atoms with E-state index in [1.165, 1.54) is 21.5 Å². The molecular weight excluding hydrogens is 288 g/mol. The van der Waals surface area contributed by atoms with Gasteiger partial charge >= 0.3 is 0 Å². The van der Waals surface area contributed by atoms with Gasteiger partial charge in [0.05, 0.1) is 5.38 Å². The molecule has 0 unspecified atom stereocenters. The maximum Gasteiger partial charge on any atom is 0.0847 e. The van der Waals surface area contributed by atoms with Crippen LogP contribution in [0, 0.1) is 0 Å². The maximum absolute atomic E-state index is 6.89. The van der Waals surface area contributed by atoms with E-state index in [0.29, 0.717) is 0 Å². The van der Waals surface area contributed by atoms with Gasteiger partial charge in [0, 0.05) is 0 Å². The molecule has 106 valence electrons. The smallest absolute Gasteiger partial charge is 0.0847 e. The first-order valence-electron chi connectivity index (χ1n) is 7.44. The highest BCUT2D eigenvalue weighted by molar-refractivity contribution is 6.24. The van der Waals surface area contributed by atoms with Crippen molar-refractivity contribution in [2.24, 2.45) is 0 Å². The molecule has 0 aromatic heterocycles. The van der Waals surface area contributed by atoms with Crippen molar-refractivity contribution in [3.63, 3.8) is 0 Å². The van der Waals surface area contributed by atoms with E-state index >= 15 is 0 Å². The average molecular weight is 303 g/mol. The van der Waals surface area contributed by atoms with Crippen molar-refractivity contribution >= 4 is 33.1 Å². The van der Waals surface area contributed by atoms with Crippen molar-refractivity contribution in [2.45, 2.75) is 5.38 Å². The molecule has 0 saturated carbocycles. The second kappa shape index (κ2) is 5.47. The van der Waals surface area contributed by atoms with Gasteiger partial charge in [-0.1, -0.05) is 84.9 Å². The first-order valence-corrected chi connectivity index (χ1v) is 7.87. The van der Waals surface area contributed by atoms with E-state index in [0.717, 1.165) is 11.1 Å². The first-order chi connectivity index (χ1) is 10.8. The van der Waals surface area contributed by atoms with Crippen LogP contribution < -0.4 is 0 Å². The van der Waals surface area contributed by atoms with Gasteiger partial charge in [0.25, 0.3) is 0 Å². The van der Waals surface area contributed by atoms with Crippen molar-refractivity contribution in [1.29, 1.82) is 0 Å². The van der Waals surface area contributed by atoms with Crippen molar-refractivity contribution in [1.82, 2.24) is 0 Å².